The standard InChI is InChI=1S/C12H20N2O3S/c1-9(5-7-15)13-11(16)4-3-6-14-10(2)8-18-12(14)17/h8-9,15H,3-7H2,1-2H3,(H,13,16). The molecular weight excluding hydrogens is 252 g/mol. The van der Waals surface area contributed by atoms with Crippen LogP contribution in [0.5, 0.6) is 0 Å². The van der Waals surface area contributed by atoms with Gasteiger partial charge >= 0.3 is 4.87 Å². The maximum absolute atomic E-state index is 11.5. The van der Waals surface area contributed by atoms with Gasteiger partial charge in [-0.15, -0.1) is 0 Å². The fourth-order valence-electron chi connectivity index (χ4n) is 1.69. The molecule has 0 bridgehead atoms. The Hall–Kier alpha value is -1.14. The van der Waals surface area contributed by atoms with Crippen LogP contribution in [0, 0.1) is 6.92 Å². The van der Waals surface area contributed by atoms with E-state index in [1.54, 1.807) is 4.57 Å². The van der Waals surface area contributed by atoms with E-state index in [9.17, 15) is 9.59 Å². The van der Waals surface area contributed by atoms with Gasteiger partial charge in [0, 0.05) is 36.7 Å². The zero-order chi connectivity index (χ0) is 13.5. The van der Waals surface area contributed by atoms with E-state index in [4.69, 9.17) is 5.11 Å². The van der Waals surface area contributed by atoms with Crippen molar-refractivity contribution in [1.82, 2.24) is 9.88 Å². The number of carbonyl (C=O) groups is 1. The van der Waals surface area contributed by atoms with Gasteiger partial charge < -0.3 is 15.0 Å². The highest BCUT2D eigenvalue weighted by Crippen LogP contribution is 2.02. The second kappa shape index (κ2) is 7.33. The number of nitrogens with zero attached hydrogens (tertiary/aromatic N) is 1. The number of aliphatic hydroxyl groups is 1. The van der Waals surface area contributed by atoms with Crippen LogP contribution in [0.1, 0.15) is 31.9 Å². The molecule has 1 unspecified atom stereocenters. The summed E-state index contributed by atoms with van der Waals surface area (Å²) >= 11 is 1.19. The zero-order valence-corrected chi connectivity index (χ0v) is 11.6. The Labute approximate surface area is 110 Å². The predicted molar refractivity (Wildman–Crippen MR) is 71.9 cm³/mol. The third-order valence-electron chi connectivity index (χ3n) is 2.73. The molecule has 0 spiro atoms. The van der Waals surface area contributed by atoms with E-state index >= 15 is 0 Å². The lowest BCUT2D eigenvalue weighted by atomic mass is 10.2. The molecule has 0 aliphatic carbocycles. The maximum Gasteiger partial charge on any atom is 0.307 e. The molecule has 0 saturated carbocycles. The van der Waals surface area contributed by atoms with Crippen molar-refractivity contribution in [2.75, 3.05) is 6.61 Å². The lowest BCUT2D eigenvalue weighted by molar-refractivity contribution is -0.121. The molecule has 1 atom stereocenters. The number of aryl methyl sites for hydroxylation is 1. The van der Waals surface area contributed by atoms with Crippen LogP contribution < -0.4 is 10.2 Å². The van der Waals surface area contributed by atoms with Gasteiger partial charge in [-0.2, -0.15) is 0 Å². The number of aromatic nitrogens is 1. The Kier molecular flexibility index (Phi) is 6.07. The van der Waals surface area contributed by atoms with Gasteiger partial charge in [-0.1, -0.05) is 11.3 Å². The molecule has 6 heteroatoms. The van der Waals surface area contributed by atoms with Crippen LogP contribution in [0.2, 0.25) is 0 Å². The molecule has 1 heterocycles. The lowest BCUT2D eigenvalue weighted by Crippen LogP contribution is -2.33. The molecule has 0 radical (unpaired) electrons. The zero-order valence-electron chi connectivity index (χ0n) is 10.8. The second-order valence-corrected chi connectivity index (χ2v) is 5.20. The maximum atomic E-state index is 11.5. The highest BCUT2D eigenvalue weighted by atomic mass is 32.1. The van der Waals surface area contributed by atoms with Crippen molar-refractivity contribution in [3.63, 3.8) is 0 Å². The lowest BCUT2D eigenvalue weighted by Gasteiger charge is -2.12. The van der Waals surface area contributed by atoms with Gasteiger partial charge in [-0.05, 0) is 26.7 Å². The molecule has 0 saturated heterocycles. The van der Waals surface area contributed by atoms with Gasteiger partial charge in [0.05, 0.1) is 0 Å². The summed E-state index contributed by atoms with van der Waals surface area (Å²) < 4.78 is 1.69. The molecule has 102 valence electrons. The minimum atomic E-state index is -0.0307. The van der Waals surface area contributed by atoms with E-state index < -0.39 is 0 Å². The van der Waals surface area contributed by atoms with Crippen LogP contribution in [0.15, 0.2) is 10.2 Å². The summed E-state index contributed by atoms with van der Waals surface area (Å²) in [6.45, 7) is 4.41. The Morgan fingerprint density at radius 2 is 2.33 bits per heavy atom. The summed E-state index contributed by atoms with van der Waals surface area (Å²) in [4.78, 5) is 23.0. The van der Waals surface area contributed by atoms with E-state index in [0.29, 0.717) is 25.8 Å². The van der Waals surface area contributed by atoms with E-state index in [-0.39, 0.29) is 23.4 Å². The van der Waals surface area contributed by atoms with Crippen LogP contribution in [0.4, 0.5) is 0 Å². The molecule has 1 aromatic rings. The van der Waals surface area contributed by atoms with Gasteiger partial charge in [0.2, 0.25) is 5.91 Å². The summed E-state index contributed by atoms with van der Waals surface area (Å²) in [5.74, 6) is -0.0307. The molecule has 18 heavy (non-hydrogen) atoms. The monoisotopic (exact) mass is 272 g/mol. The number of amides is 1. The number of hydrogen-bond acceptors (Lipinski definition) is 4. The Balaban J connectivity index is 2.30. The summed E-state index contributed by atoms with van der Waals surface area (Å²) in [5.41, 5.74) is 0.944. The molecule has 1 aromatic heterocycles. The number of aliphatic hydroxyl groups excluding tert-OH is 1. The van der Waals surface area contributed by atoms with Crippen molar-refractivity contribution in [2.24, 2.45) is 0 Å². The molecule has 1 amide bonds. The first kappa shape index (κ1) is 14.9. The predicted octanol–water partition coefficient (Wildman–Crippen LogP) is 0.886. The molecule has 0 aliphatic rings. The van der Waals surface area contributed by atoms with E-state index in [1.165, 1.54) is 11.3 Å². The molecule has 5 nitrogen and oxygen atoms in total. The van der Waals surface area contributed by atoms with Crippen LogP contribution in [0.3, 0.4) is 0 Å². The van der Waals surface area contributed by atoms with Crippen LogP contribution in [0.25, 0.3) is 0 Å². The molecule has 0 fully saturated rings. The van der Waals surface area contributed by atoms with Gasteiger partial charge in [-0.25, -0.2) is 0 Å². The fourth-order valence-corrected chi connectivity index (χ4v) is 2.45. The smallest absolute Gasteiger partial charge is 0.307 e. The van der Waals surface area contributed by atoms with Crippen molar-refractivity contribution < 1.29 is 9.90 Å². The van der Waals surface area contributed by atoms with Gasteiger partial charge in [-0.3, -0.25) is 9.59 Å². The number of thiazole rings is 1. The Morgan fingerprint density at radius 3 is 2.89 bits per heavy atom. The van der Waals surface area contributed by atoms with Gasteiger partial charge in [0.15, 0.2) is 0 Å². The average molecular weight is 272 g/mol. The molecule has 1 rings (SSSR count). The van der Waals surface area contributed by atoms with Crippen molar-refractivity contribution in [3.05, 3.63) is 20.7 Å². The summed E-state index contributed by atoms with van der Waals surface area (Å²) in [6, 6.07) is -0.00638. The average Bonchev–Trinajstić information content (AvgIpc) is 2.60. The molecule has 0 aromatic carbocycles. The topological polar surface area (TPSA) is 71.3 Å². The normalized spacial score (nSPS) is 12.4. The van der Waals surface area contributed by atoms with Crippen molar-refractivity contribution in [3.8, 4) is 0 Å². The van der Waals surface area contributed by atoms with Crippen molar-refractivity contribution >= 4 is 17.2 Å². The number of rotatable bonds is 7. The highest BCUT2D eigenvalue weighted by molar-refractivity contribution is 7.07. The minimum absolute atomic E-state index is 0.00638. The Morgan fingerprint density at radius 1 is 1.61 bits per heavy atom. The molecular formula is C12H20N2O3S. The van der Waals surface area contributed by atoms with Crippen LogP contribution in [-0.4, -0.2) is 28.2 Å². The van der Waals surface area contributed by atoms with E-state index in [1.807, 2.05) is 19.2 Å². The summed E-state index contributed by atoms with van der Waals surface area (Å²) in [6.07, 6.45) is 1.61. The van der Waals surface area contributed by atoms with Crippen LogP contribution >= 0.6 is 11.3 Å². The first-order chi connectivity index (χ1) is 8.54. The van der Waals surface area contributed by atoms with E-state index in [0.717, 1.165) is 5.69 Å². The van der Waals surface area contributed by atoms with Crippen molar-refractivity contribution in [1.29, 1.82) is 0 Å². The number of hydrogen-bond donors (Lipinski definition) is 2. The summed E-state index contributed by atoms with van der Waals surface area (Å²) in [5, 5.41) is 13.4. The number of nitrogens with one attached hydrogen (secondary N) is 1. The Bertz CT molecular complexity index is 439. The van der Waals surface area contributed by atoms with E-state index in [2.05, 4.69) is 5.32 Å². The first-order valence-corrected chi connectivity index (χ1v) is 6.97. The van der Waals surface area contributed by atoms with Crippen molar-refractivity contribution in [2.45, 2.75) is 45.7 Å². The van der Waals surface area contributed by atoms with Gasteiger partial charge in [0.25, 0.3) is 0 Å². The highest BCUT2D eigenvalue weighted by Gasteiger charge is 2.07. The summed E-state index contributed by atoms with van der Waals surface area (Å²) in [7, 11) is 0. The van der Waals surface area contributed by atoms with Crippen LogP contribution in [-0.2, 0) is 11.3 Å². The molecule has 0 aliphatic heterocycles. The largest absolute Gasteiger partial charge is 0.396 e. The second-order valence-electron chi connectivity index (χ2n) is 4.38. The number of carbonyl (C=O) groups excluding carboxylic acids is 1. The quantitative estimate of drug-likeness (QED) is 0.774. The third kappa shape index (κ3) is 4.62. The third-order valence-corrected chi connectivity index (χ3v) is 3.61. The minimum Gasteiger partial charge on any atom is -0.396 e. The SMILES string of the molecule is Cc1csc(=O)n1CCCC(=O)NC(C)CCO. The fraction of sp³-hybridized carbons (Fsp3) is 0.667. The first-order valence-electron chi connectivity index (χ1n) is 6.09. The molecule has 2 N–H and O–H groups in total. The van der Waals surface area contributed by atoms with Gasteiger partial charge in [0.1, 0.15) is 0 Å².